The van der Waals surface area contributed by atoms with Gasteiger partial charge in [-0.05, 0) is 25.0 Å². The molecule has 0 aliphatic carbocycles. The van der Waals surface area contributed by atoms with Gasteiger partial charge in [-0.3, -0.25) is 18.6 Å². The Balaban J connectivity index is 2.12. The number of carbonyl (C=O) groups is 2. The van der Waals surface area contributed by atoms with Crippen LogP contribution in [0.4, 0.5) is 0 Å². The van der Waals surface area contributed by atoms with Crippen molar-refractivity contribution in [3.8, 4) is 0 Å². The first-order valence-corrected chi connectivity index (χ1v) is 13.8. The van der Waals surface area contributed by atoms with Gasteiger partial charge in [0, 0.05) is 0 Å². The van der Waals surface area contributed by atoms with E-state index in [1.807, 2.05) is 4.72 Å². The van der Waals surface area contributed by atoms with E-state index >= 15 is 0 Å². The van der Waals surface area contributed by atoms with Crippen molar-refractivity contribution in [2.45, 2.75) is 39.5 Å². The number of benzene rings is 2. The van der Waals surface area contributed by atoms with Crippen LogP contribution in [0.15, 0.2) is 60.7 Å². The van der Waals surface area contributed by atoms with Gasteiger partial charge in [0.1, 0.15) is 19.3 Å². The maximum Gasteiger partial charge on any atom is 0.420 e. The number of hydrogen-bond donors (Lipinski definition) is 2. The van der Waals surface area contributed by atoms with Crippen LogP contribution >= 0.6 is 7.75 Å². The van der Waals surface area contributed by atoms with Crippen molar-refractivity contribution in [2.24, 2.45) is 0 Å². The highest BCUT2D eigenvalue weighted by molar-refractivity contribution is 7.93. The first-order chi connectivity index (χ1) is 16.7. The molecule has 0 radical (unpaired) electrons. The Labute approximate surface area is 204 Å². The average Bonchev–Trinajstić information content (AvgIpc) is 2.81. The van der Waals surface area contributed by atoms with Crippen molar-refractivity contribution in [3.05, 3.63) is 71.8 Å². The lowest BCUT2D eigenvalue weighted by Gasteiger charge is -2.21. The third-order valence-electron chi connectivity index (χ3n) is 4.25. The van der Waals surface area contributed by atoms with E-state index in [-0.39, 0.29) is 26.4 Å². The molecule has 0 spiro atoms. The van der Waals surface area contributed by atoms with E-state index < -0.39 is 42.4 Å². The lowest BCUT2D eigenvalue weighted by molar-refractivity contribution is -0.153. The van der Waals surface area contributed by atoms with E-state index in [1.54, 1.807) is 65.2 Å². The Morgan fingerprint density at radius 1 is 0.857 bits per heavy atom. The van der Waals surface area contributed by atoms with Crippen LogP contribution in [-0.4, -0.2) is 39.6 Å². The number of esters is 2. The second-order valence-corrected chi connectivity index (χ2v) is 10.5. The molecule has 0 aliphatic heterocycles. The van der Waals surface area contributed by atoms with Crippen LogP contribution in [0, 0.1) is 0 Å². The Morgan fingerprint density at radius 2 is 1.34 bits per heavy atom. The minimum Gasteiger partial charge on any atom is -0.461 e. The summed E-state index contributed by atoms with van der Waals surface area (Å²) < 4.78 is 61.8. The standard InChI is InChI=1S/C22H29N2O9PS/c1-3-32-34(27,33-4-2)24-35(28,29)23-20(22(26)31-17-19-13-9-6-10-14-19)15-21(25)30-16-18-11-7-5-8-12-18/h5-14,20,23H,3-4,15-17H2,1-2H3,(H,24,27)/t20-/m0/s1. The zero-order valence-electron chi connectivity index (χ0n) is 19.4. The topological polar surface area (TPSA) is 146 Å². The van der Waals surface area contributed by atoms with Crippen molar-refractivity contribution >= 4 is 29.9 Å². The van der Waals surface area contributed by atoms with Gasteiger partial charge in [-0.1, -0.05) is 60.7 Å². The fraction of sp³-hybridized carbons (Fsp3) is 0.364. The van der Waals surface area contributed by atoms with Crippen LogP contribution in [0.25, 0.3) is 0 Å². The summed E-state index contributed by atoms with van der Waals surface area (Å²) in [4.78, 5) is 25.1. The smallest absolute Gasteiger partial charge is 0.420 e. The van der Waals surface area contributed by atoms with Crippen molar-refractivity contribution in [1.82, 2.24) is 9.21 Å². The quantitative estimate of drug-likeness (QED) is 0.263. The van der Waals surface area contributed by atoms with E-state index in [9.17, 15) is 22.6 Å². The SMILES string of the molecule is CCOP(=O)(NS(=O)(=O)N[C@@H](CC(=O)OCc1ccccc1)C(=O)OCc1ccccc1)OCC. The molecule has 11 nitrogen and oxygen atoms in total. The third kappa shape index (κ3) is 10.7. The zero-order valence-corrected chi connectivity index (χ0v) is 21.1. The predicted octanol–water partition coefficient (Wildman–Crippen LogP) is 2.84. The second kappa shape index (κ2) is 14.1. The number of hydrogen-bond acceptors (Lipinski definition) is 9. The summed E-state index contributed by atoms with van der Waals surface area (Å²) in [5.74, 6) is -1.88. The molecule has 0 bridgehead atoms. The first-order valence-electron chi connectivity index (χ1n) is 10.8. The Kier molecular flexibility index (Phi) is 11.5. The van der Waals surface area contributed by atoms with Gasteiger partial charge in [-0.15, -0.1) is 4.49 Å². The molecule has 0 saturated carbocycles. The summed E-state index contributed by atoms with van der Waals surface area (Å²) in [5.41, 5.74) is 1.37. The van der Waals surface area contributed by atoms with Crippen LogP contribution in [0.3, 0.4) is 0 Å². The van der Waals surface area contributed by atoms with E-state index in [4.69, 9.17) is 18.5 Å². The monoisotopic (exact) mass is 528 g/mol. The summed E-state index contributed by atoms with van der Waals surface area (Å²) in [6.07, 6.45) is -0.672. The van der Waals surface area contributed by atoms with Gasteiger partial charge in [0.25, 0.3) is 10.2 Å². The molecular formula is C22H29N2O9PS. The minimum absolute atomic E-state index is 0.0691. The Bertz CT molecular complexity index is 1090. The largest absolute Gasteiger partial charge is 0.461 e. The minimum atomic E-state index is -4.65. The highest BCUT2D eigenvalue weighted by Crippen LogP contribution is 2.44. The van der Waals surface area contributed by atoms with E-state index in [0.29, 0.717) is 11.1 Å². The summed E-state index contributed by atoms with van der Waals surface area (Å²) >= 11 is 0. The fourth-order valence-corrected chi connectivity index (χ4v) is 5.88. The molecule has 13 heteroatoms. The molecule has 2 aromatic carbocycles. The molecule has 0 unspecified atom stereocenters. The highest BCUT2D eigenvalue weighted by atomic mass is 32.2. The van der Waals surface area contributed by atoms with Crippen molar-refractivity contribution in [3.63, 3.8) is 0 Å². The predicted molar refractivity (Wildman–Crippen MR) is 127 cm³/mol. The Morgan fingerprint density at radius 3 is 1.83 bits per heavy atom. The van der Waals surface area contributed by atoms with Crippen LogP contribution in [-0.2, 0) is 56.1 Å². The van der Waals surface area contributed by atoms with Gasteiger partial charge in [0.05, 0.1) is 19.6 Å². The lowest BCUT2D eigenvalue weighted by Crippen LogP contribution is -2.47. The molecular weight excluding hydrogens is 499 g/mol. The summed E-state index contributed by atoms with van der Waals surface area (Å²) in [6, 6.07) is 15.8. The zero-order chi connectivity index (χ0) is 25.7. The van der Waals surface area contributed by atoms with Gasteiger partial charge in [-0.2, -0.15) is 13.1 Å². The fourth-order valence-electron chi connectivity index (χ4n) is 2.76. The molecule has 0 amide bonds. The highest BCUT2D eigenvalue weighted by Gasteiger charge is 2.35. The molecule has 2 rings (SSSR count). The van der Waals surface area contributed by atoms with Crippen LogP contribution in [0.1, 0.15) is 31.4 Å². The maximum atomic E-state index is 12.7. The molecule has 1 atom stereocenters. The first kappa shape index (κ1) is 28.6. The third-order valence-corrected chi connectivity index (χ3v) is 7.90. The number of carbonyl (C=O) groups excluding carboxylic acids is 2. The van der Waals surface area contributed by atoms with E-state index in [1.165, 1.54) is 13.8 Å². The molecule has 192 valence electrons. The van der Waals surface area contributed by atoms with Crippen LogP contribution in [0.2, 0.25) is 0 Å². The van der Waals surface area contributed by atoms with Crippen molar-refractivity contribution in [2.75, 3.05) is 13.2 Å². The van der Waals surface area contributed by atoms with Crippen LogP contribution in [0.5, 0.6) is 0 Å². The molecule has 0 aromatic heterocycles. The van der Waals surface area contributed by atoms with Gasteiger partial charge >= 0.3 is 19.7 Å². The van der Waals surface area contributed by atoms with Gasteiger partial charge in [-0.25, -0.2) is 4.57 Å². The summed E-state index contributed by atoms with van der Waals surface area (Å²) in [7, 11) is -8.89. The van der Waals surface area contributed by atoms with Crippen LogP contribution < -0.4 is 9.21 Å². The lowest BCUT2D eigenvalue weighted by atomic mass is 10.2. The molecule has 2 N–H and O–H groups in total. The molecule has 35 heavy (non-hydrogen) atoms. The summed E-state index contributed by atoms with van der Waals surface area (Å²) in [5, 5.41) is 0. The molecule has 2 aromatic rings. The maximum absolute atomic E-state index is 12.7. The van der Waals surface area contributed by atoms with E-state index in [0.717, 1.165) is 0 Å². The molecule has 0 fully saturated rings. The summed E-state index contributed by atoms with van der Waals surface area (Å²) in [6.45, 7) is 2.57. The molecule has 0 heterocycles. The normalized spacial score (nSPS) is 12.6. The molecule has 0 saturated heterocycles. The van der Waals surface area contributed by atoms with Gasteiger partial charge in [0.2, 0.25) is 0 Å². The number of rotatable bonds is 15. The van der Waals surface area contributed by atoms with Crippen molar-refractivity contribution < 1.29 is 41.1 Å². The number of ether oxygens (including phenoxy) is 2. The van der Waals surface area contributed by atoms with E-state index in [2.05, 4.69) is 0 Å². The number of nitrogens with one attached hydrogen (secondary N) is 2. The van der Waals surface area contributed by atoms with Gasteiger partial charge in [0.15, 0.2) is 0 Å². The molecule has 0 aliphatic rings. The average molecular weight is 529 g/mol. The Hall–Kier alpha value is -2.60. The van der Waals surface area contributed by atoms with Gasteiger partial charge < -0.3 is 9.47 Å². The second-order valence-electron chi connectivity index (χ2n) is 7.04. The van der Waals surface area contributed by atoms with Crippen molar-refractivity contribution in [1.29, 1.82) is 0 Å².